The molecule has 2 amide bonds. The maximum atomic E-state index is 14.0. The highest BCUT2D eigenvalue weighted by Crippen LogP contribution is 2.38. The van der Waals surface area contributed by atoms with Crippen molar-refractivity contribution in [3.05, 3.63) is 90.1 Å². The van der Waals surface area contributed by atoms with Crippen LogP contribution in [0.5, 0.6) is 5.88 Å². The molecule has 0 saturated carbocycles. The summed E-state index contributed by atoms with van der Waals surface area (Å²) in [5.74, 6) is 0.641. The van der Waals surface area contributed by atoms with Crippen LogP contribution >= 0.6 is 0 Å². The van der Waals surface area contributed by atoms with Gasteiger partial charge < -0.3 is 13.9 Å². The largest absolute Gasteiger partial charge is 0.474 e. The number of aromatic nitrogens is 4. The number of alkyl halides is 3. The van der Waals surface area contributed by atoms with E-state index < -0.39 is 26.1 Å². The first-order valence-corrected chi connectivity index (χ1v) is 18.7. The van der Waals surface area contributed by atoms with Crippen molar-refractivity contribution in [1.29, 1.82) is 0 Å². The number of hydrogen-bond donors (Lipinski definition) is 2. The predicted molar refractivity (Wildman–Crippen MR) is 186 cm³/mol. The van der Waals surface area contributed by atoms with E-state index in [-0.39, 0.29) is 40.8 Å². The molecular weight excluding hydrogens is 654 g/mol. The van der Waals surface area contributed by atoms with Crippen molar-refractivity contribution >= 4 is 31.6 Å². The van der Waals surface area contributed by atoms with Gasteiger partial charge in [0.1, 0.15) is 30.0 Å². The molecule has 0 unspecified atom stereocenters. The zero-order chi connectivity index (χ0) is 35.6. The summed E-state index contributed by atoms with van der Waals surface area (Å²) in [6.07, 6.45) is -3.59. The number of para-hydroxylation sites is 1. The van der Waals surface area contributed by atoms with Crippen LogP contribution in [0.3, 0.4) is 0 Å². The maximum absolute atomic E-state index is 14.0. The average Bonchev–Trinajstić information content (AvgIpc) is 3.56. The molecule has 0 aliphatic heterocycles. The van der Waals surface area contributed by atoms with Crippen LogP contribution in [0.25, 0.3) is 22.6 Å². The number of ether oxygens (including phenoxy) is 2. The molecule has 5 aromatic rings. The lowest BCUT2D eigenvalue weighted by molar-refractivity contribution is -0.136. The fraction of sp³-hybridized carbons (Fsp3) is 0.343. The molecule has 0 aliphatic rings. The van der Waals surface area contributed by atoms with Gasteiger partial charge in [-0.15, -0.1) is 5.10 Å². The maximum Gasteiger partial charge on any atom is 0.419 e. The molecule has 1 atom stereocenters. The van der Waals surface area contributed by atoms with E-state index >= 15 is 0 Å². The lowest BCUT2D eigenvalue weighted by atomic mass is 10.1. The number of urea groups is 1. The molecule has 10 nitrogen and oxygen atoms in total. The van der Waals surface area contributed by atoms with Crippen LogP contribution in [0.15, 0.2) is 79.0 Å². The number of nitrogens with one attached hydrogen (secondary N) is 2. The minimum Gasteiger partial charge on any atom is -0.474 e. The van der Waals surface area contributed by atoms with E-state index in [2.05, 4.69) is 54.6 Å². The Bertz CT molecular complexity index is 1900. The van der Waals surface area contributed by atoms with E-state index in [9.17, 15) is 18.0 Å². The Kier molecular flexibility index (Phi) is 10.2. The summed E-state index contributed by atoms with van der Waals surface area (Å²) >= 11 is 0. The highest BCUT2D eigenvalue weighted by molar-refractivity contribution is 6.74. The summed E-state index contributed by atoms with van der Waals surface area (Å²) in [6, 6.07) is 19.4. The van der Waals surface area contributed by atoms with Crippen LogP contribution in [0.4, 0.5) is 29.6 Å². The number of amides is 2. The first-order chi connectivity index (χ1) is 23.1. The fourth-order valence-electron chi connectivity index (χ4n) is 5.04. The third-order valence-corrected chi connectivity index (χ3v) is 13.1. The Balaban J connectivity index is 1.48. The summed E-state index contributed by atoms with van der Waals surface area (Å²) in [5.41, 5.74) is 0.622. The van der Waals surface area contributed by atoms with Crippen LogP contribution in [0.2, 0.25) is 18.1 Å². The smallest absolute Gasteiger partial charge is 0.419 e. The van der Waals surface area contributed by atoms with Crippen LogP contribution in [0, 0.1) is 6.92 Å². The third-order valence-electron chi connectivity index (χ3n) is 8.57. The van der Waals surface area contributed by atoms with Gasteiger partial charge in [0.25, 0.3) is 0 Å². The van der Waals surface area contributed by atoms with Gasteiger partial charge in [-0.25, -0.2) is 14.5 Å². The Morgan fingerprint density at radius 3 is 2.16 bits per heavy atom. The van der Waals surface area contributed by atoms with Crippen molar-refractivity contribution in [2.75, 3.05) is 31.0 Å². The predicted octanol–water partition coefficient (Wildman–Crippen LogP) is 8.57. The van der Waals surface area contributed by atoms with Crippen molar-refractivity contribution < 1.29 is 31.9 Å². The fourth-order valence-corrected chi connectivity index (χ4v) is 6.36. The molecule has 0 saturated heterocycles. The first kappa shape index (κ1) is 35.6. The zero-order valence-electron chi connectivity index (χ0n) is 28.6. The number of imidazole rings is 1. The number of hydrogen-bond acceptors (Lipinski definition) is 6. The van der Waals surface area contributed by atoms with Crippen molar-refractivity contribution in [1.82, 2.24) is 19.2 Å². The van der Waals surface area contributed by atoms with E-state index in [1.54, 1.807) is 49.0 Å². The zero-order valence-corrected chi connectivity index (χ0v) is 29.6. The summed E-state index contributed by atoms with van der Waals surface area (Å²) < 4.78 is 62.9. The molecule has 0 fully saturated rings. The molecule has 0 radical (unpaired) electrons. The summed E-state index contributed by atoms with van der Waals surface area (Å²) in [4.78, 5) is 18.1. The standard InChI is InChI=1S/C35H41F3N6O4Si/c1-23-29(44(25-17-12-9-13-18-25)42-32(23)47-22-26(21-46-5)48-49(6,7)34(2,3)4)40-33(45)41-31-28(24-15-10-8-11-16-24)39-30-27(35(36,37)38)19-14-20-43(30)31/h8-20,26H,21-22H2,1-7H3,(H2,40,41,45)/t26-/m1/s1. The number of carbonyl (C=O) groups is 1. The van der Waals surface area contributed by atoms with Gasteiger partial charge in [0.15, 0.2) is 14.0 Å². The van der Waals surface area contributed by atoms with Crippen LogP contribution < -0.4 is 15.4 Å². The molecule has 3 heterocycles. The number of pyridine rings is 1. The first-order valence-electron chi connectivity index (χ1n) is 15.8. The molecule has 49 heavy (non-hydrogen) atoms. The van der Waals surface area contributed by atoms with Crippen molar-refractivity contribution in [2.24, 2.45) is 0 Å². The molecule has 2 N–H and O–H groups in total. The number of rotatable bonds is 11. The average molecular weight is 695 g/mol. The topological polar surface area (TPSA) is 104 Å². The van der Waals surface area contributed by atoms with Crippen LogP contribution in [-0.4, -0.2) is 59.9 Å². The van der Waals surface area contributed by atoms with Gasteiger partial charge in [-0.2, -0.15) is 13.2 Å². The van der Waals surface area contributed by atoms with E-state index in [0.29, 0.717) is 29.2 Å². The Hall–Kier alpha value is -4.66. The van der Waals surface area contributed by atoms with Crippen LogP contribution in [0.1, 0.15) is 31.9 Å². The Labute approximate surface area is 284 Å². The second-order valence-corrected chi connectivity index (χ2v) is 17.9. The van der Waals surface area contributed by atoms with Crippen molar-refractivity contribution in [3.8, 4) is 22.8 Å². The quantitative estimate of drug-likeness (QED) is 0.134. The van der Waals surface area contributed by atoms with Gasteiger partial charge in [0, 0.05) is 18.9 Å². The number of fused-ring (bicyclic) bond motifs is 1. The van der Waals surface area contributed by atoms with Gasteiger partial charge in [-0.3, -0.25) is 15.0 Å². The molecule has 0 aliphatic carbocycles. The SMILES string of the molecule is COC[C@H](COc1nn(-c2ccccc2)c(NC(=O)Nc2c(-c3ccccc3)nc3c(C(F)(F)F)cccn23)c1C)O[Si](C)(C)C(C)(C)C. The second-order valence-electron chi connectivity index (χ2n) is 13.2. The van der Waals surface area contributed by atoms with Gasteiger partial charge in [0.2, 0.25) is 5.88 Å². The number of anilines is 2. The normalized spacial score (nSPS) is 13.0. The second kappa shape index (κ2) is 14.1. The van der Waals surface area contributed by atoms with E-state index in [4.69, 9.17) is 13.9 Å². The van der Waals surface area contributed by atoms with Gasteiger partial charge in [-0.05, 0) is 49.3 Å². The number of nitrogens with zero attached hydrogens (tertiary/aromatic N) is 4. The van der Waals surface area contributed by atoms with Gasteiger partial charge in [0.05, 0.1) is 23.4 Å². The monoisotopic (exact) mass is 694 g/mol. The summed E-state index contributed by atoms with van der Waals surface area (Å²) in [7, 11) is -0.546. The Morgan fingerprint density at radius 1 is 0.918 bits per heavy atom. The van der Waals surface area contributed by atoms with Crippen molar-refractivity contribution in [3.63, 3.8) is 0 Å². The molecule has 3 aromatic heterocycles. The summed E-state index contributed by atoms with van der Waals surface area (Å²) in [6.45, 7) is 13.0. The van der Waals surface area contributed by atoms with Crippen LogP contribution in [-0.2, 0) is 15.3 Å². The molecule has 0 bridgehead atoms. The lowest BCUT2D eigenvalue weighted by Crippen LogP contribution is -2.46. The van der Waals surface area contributed by atoms with Gasteiger partial charge in [-0.1, -0.05) is 69.3 Å². The molecular formula is C35H41F3N6O4Si. The lowest BCUT2D eigenvalue weighted by Gasteiger charge is -2.39. The number of halogens is 3. The highest BCUT2D eigenvalue weighted by Gasteiger charge is 2.39. The molecule has 14 heteroatoms. The minimum atomic E-state index is -4.66. The highest BCUT2D eigenvalue weighted by atomic mass is 28.4. The molecule has 5 rings (SSSR count). The number of methoxy groups -OCH3 is 1. The van der Waals surface area contributed by atoms with Gasteiger partial charge >= 0.3 is 12.2 Å². The molecule has 260 valence electrons. The summed E-state index contributed by atoms with van der Waals surface area (Å²) in [5, 5.41) is 10.3. The minimum absolute atomic E-state index is 0.0240. The number of carbonyl (C=O) groups excluding carboxylic acids is 1. The Morgan fingerprint density at radius 2 is 1.55 bits per heavy atom. The van der Waals surface area contributed by atoms with Crippen molar-refractivity contribution in [2.45, 2.75) is 58.1 Å². The van der Waals surface area contributed by atoms with E-state index in [1.807, 2.05) is 30.3 Å². The molecule has 2 aromatic carbocycles. The number of benzene rings is 2. The molecule has 0 spiro atoms. The third kappa shape index (κ3) is 7.82. The van der Waals surface area contributed by atoms with E-state index in [0.717, 1.165) is 6.07 Å². The van der Waals surface area contributed by atoms with E-state index in [1.165, 1.54) is 16.7 Å².